The van der Waals surface area contributed by atoms with Crippen LogP contribution in [-0.2, 0) is 6.42 Å². The van der Waals surface area contributed by atoms with E-state index in [9.17, 15) is 0 Å². The molecule has 0 saturated carbocycles. The Balaban J connectivity index is 1.98. The van der Waals surface area contributed by atoms with E-state index in [0.29, 0.717) is 0 Å². The lowest BCUT2D eigenvalue weighted by Gasteiger charge is -2.19. The Morgan fingerprint density at radius 3 is 3.00 bits per heavy atom. The zero-order chi connectivity index (χ0) is 13.9. The fraction of sp³-hybridized carbons (Fsp3) is 0.312. The summed E-state index contributed by atoms with van der Waals surface area (Å²) in [5.41, 5.74) is 3.73. The van der Waals surface area contributed by atoms with Gasteiger partial charge in [0.05, 0.1) is 12.6 Å². The number of ether oxygens (including phenoxy) is 1. The monoisotopic (exact) mass is 332 g/mol. The molecular weight excluding hydrogens is 316 g/mol. The molecule has 0 bridgehead atoms. The summed E-state index contributed by atoms with van der Waals surface area (Å²) in [6, 6.07) is 8.74. The lowest BCUT2D eigenvalue weighted by molar-refractivity contribution is 0.357. The molecule has 0 aliphatic carbocycles. The number of fused-ring (bicyclic) bond motifs is 1. The van der Waals surface area contributed by atoms with Crippen molar-refractivity contribution in [2.45, 2.75) is 19.4 Å². The number of nitrogens with zero attached hydrogens (tertiary/aromatic N) is 1. The first-order valence-electron chi connectivity index (χ1n) is 6.87. The predicted molar refractivity (Wildman–Crippen MR) is 83.1 cm³/mol. The Morgan fingerprint density at radius 1 is 1.30 bits per heavy atom. The van der Waals surface area contributed by atoms with Gasteiger partial charge >= 0.3 is 0 Å². The van der Waals surface area contributed by atoms with E-state index in [-0.39, 0.29) is 6.04 Å². The van der Waals surface area contributed by atoms with Gasteiger partial charge in [0.25, 0.3) is 0 Å². The van der Waals surface area contributed by atoms with Crippen LogP contribution in [0.15, 0.2) is 41.1 Å². The summed E-state index contributed by atoms with van der Waals surface area (Å²) >= 11 is 3.49. The Kier molecular flexibility index (Phi) is 4.03. The second-order valence-corrected chi connectivity index (χ2v) is 5.81. The number of rotatable bonds is 4. The van der Waals surface area contributed by atoms with E-state index in [0.717, 1.165) is 29.8 Å². The van der Waals surface area contributed by atoms with Gasteiger partial charge in [0, 0.05) is 23.3 Å². The molecule has 1 N–H and O–H groups in total. The van der Waals surface area contributed by atoms with Crippen molar-refractivity contribution in [3.8, 4) is 5.75 Å². The van der Waals surface area contributed by atoms with Gasteiger partial charge in [-0.3, -0.25) is 4.98 Å². The highest BCUT2D eigenvalue weighted by Gasteiger charge is 2.18. The molecule has 3 rings (SSSR count). The van der Waals surface area contributed by atoms with E-state index < -0.39 is 0 Å². The molecule has 20 heavy (non-hydrogen) atoms. The van der Waals surface area contributed by atoms with Gasteiger partial charge in [-0.2, -0.15) is 0 Å². The third-order valence-electron chi connectivity index (χ3n) is 3.51. The van der Waals surface area contributed by atoms with Gasteiger partial charge in [-0.25, -0.2) is 0 Å². The first kappa shape index (κ1) is 13.6. The molecule has 0 spiro atoms. The van der Waals surface area contributed by atoms with Crippen LogP contribution in [0.2, 0.25) is 0 Å². The maximum atomic E-state index is 5.58. The van der Waals surface area contributed by atoms with Crippen molar-refractivity contribution in [3.63, 3.8) is 0 Å². The van der Waals surface area contributed by atoms with Crippen molar-refractivity contribution in [2.75, 3.05) is 13.2 Å². The van der Waals surface area contributed by atoms with Gasteiger partial charge in [0.1, 0.15) is 5.75 Å². The Hall–Kier alpha value is -1.39. The van der Waals surface area contributed by atoms with Crippen LogP contribution in [0.3, 0.4) is 0 Å². The molecule has 0 radical (unpaired) electrons. The largest absolute Gasteiger partial charge is 0.493 e. The zero-order valence-electron chi connectivity index (χ0n) is 11.4. The highest BCUT2D eigenvalue weighted by Crippen LogP contribution is 2.31. The summed E-state index contributed by atoms with van der Waals surface area (Å²) in [5.74, 6) is 1.02. The van der Waals surface area contributed by atoms with Crippen LogP contribution in [0.5, 0.6) is 5.75 Å². The molecule has 2 aromatic rings. The minimum Gasteiger partial charge on any atom is -0.493 e. The normalized spacial score (nSPS) is 14.7. The summed E-state index contributed by atoms with van der Waals surface area (Å²) in [6.45, 7) is 3.82. The van der Waals surface area contributed by atoms with E-state index in [1.54, 1.807) is 0 Å². The van der Waals surface area contributed by atoms with Crippen molar-refractivity contribution in [2.24, 2.45) is 0 Å². The SMILES string of the molecule is CCNC(c1cncc(Br)c1)c1ccc2c(c1)CCO2. The van der Waals surface area contributed by atoms with Gasteiger partial charge in [0.15, 0.2) is 0 Å². The maximum absolute atomic E-state index is 5.58. The number of halogens is 1. The van der Waals surface area contributed by atoms with E-state index in [2.05, 4.69) is 57.4 Å². The minimum atomic E-state index is 0.163. The number of pyridine rings is 1. The Morgan fingerprint density at radius 2 is 2.20 bits per heavy atom. The molecule has 0 fully saturated rings. The van der Waals surface area contributed by atoms with Crippen LogP contribution in [0.1, 0.15) is 29.7 Å². The molecule has 0 saturated heterocycles. The highest BCUT2D eigenvalue weighted by atomic mass is 79.9. The van der Waals surface area contributed by atoms with E-state index >= 15 is 0 Å². The topological polar surface area (TPSA) is 34.2 Å². The molecule has 0 amide bonds. The maximum Gasteiger partial charge on any atom is 0.122 e. The third-order valence-corrected chi connectivity index (χ3v) is 3.95. The van der Waals surface area contributed by atoms with Crippen LogP contribution < -0.4 is 10.1 Å². The lowest BCUT2D eigenvalue weighted by atomic mass is 9.97. The predicted octanol–water partition coefficient (Wildman–Crippen LogP) is 3.48. The first-order chi connectivity index (χ1) is 9.78. The van der Waals surface area contributed by atoms with E-state index in [1.807, 2.05) is 12.4 Å². The average Bonchev–Trinajstić information content (AvgIpc) is 2.92. The van der Waals surface area contributed by atoms with Gasteiger partial charge in [-0.15, -0.1) is 0 Å². The fourth-order valence-corrected chi connectivity index (χ4v) is 2.99. The Labute approximate surface area is 127 Å². The summed E-state index contributed by atoms with van der Waals surface area (Å²) < 4.78 is 6.58. The molecule has 2 heterocycles. The van der Waals surface area contributed by atoms with Crippen LogP contribution in [0.25, 0.3) is 0 Å². The van der Waals surface area contributed by atoms with Gasteiger partial charge < -0.3 is 10.1 Å². The standard InChI is InChI=1S/C16H17BrN2O/c1-2-19-16(13-8-14(17)10-18-9-13)12-3-4-15-11(7-12)5-6-20-15/h3-4,7-10,16,19H,2,5-6H2,1H3. The number of benzene rings is 1. The molecule has 1 aliphatic heterocycles. The second-order valence-electron chi connectivity index (χ2n) is 4.89. The van der Waals surface area contributed by atoms with Crippen LogP contribution in [-0.4, -0.2) is 18.1 Å². The molecule has 1 aromatic heterocycles. The summed E-state index contributed by atoms with van der Waals surface area (Å²) in [5, 5.41) is 3.53. The van der Waals surface area contributed by atoms with Crippen molar-refractivity contribution in [3.05, 3.63) is 57.8 Å². The smallest absolute Gasteiger partial charge is 0.122 e. The van der Waals surface area contributed by atoms with E-state index in [1.165, 1.54) is 16.7 Å². The van der Waals surface area contributed by atoms with Gasteiger partial charge in [0.2, 0.25) is 0 Å². The van der Waals surface area contributed by atoms with E-state index in [4.69, 9.17) is 4.74 Å². The second kappa shape index (κ2) is 5.94. The molecule has 3 nitrogen and oxygen atoms in total. The number of nitrogens with one attached hydrogen (secondary N) is 1. The Bertz CT molecular complexity index is 615. The van der Waals surface area contributed by atoms with Crippen LogP contribution in [0, 0.1) is 0 Å². The first-order valence-corrected chi connectivity index (χ1v) is 7.66. The highest BCUT2D eigenvalue weighted by molar-refractivity contribution is 9.10. The molecule has 1 aliphatic rings. The summed E-state index contributed by atoms with van der Waals surface area (Å²) in [4.78, 5) is 4.27. The molecule has 1 aromatic carbocycles. The number of hydrogen-bond donors (Lipinski definition) is 1. The molecule has 104 valence electrons. The van der Waals surface area contributed by atoms with Gasteiger partial charge in [-0.05, 0) is 51.3 Å². The van der Waals surface area contributed by atoms with Gasteiger partial charge in [-0.1, -0.05) is 19.1 Å². The number of aromatic nitrogens is 1. The molecule has 1 atom stereocenters. The van der Waals surface area contributed by atoms with Crippen molar-refractivity contribution < 1.29 is 4.74 Å². The summed E-state index contributed by atoms with van der Waals surface area (Å²) in [6.07, 6.45) is 4.73. The molecular formula is C16H17BrN2O. The lowest BCUT2D eigenvalue weighted by Crippen LogP contribution is -2.22. The summed E-state index contributed by atoms with van der Waals surface area (Å²) in [7, 11) is 0. The molecule has 1 unspecified atom stereocenters. The fourth-order valence-electron chi connectivity index (χ4n) is 2.60. The van der Waals surface area contributed by atoms with Crippen molar-refractivity contribution in [1.29, 1.82) is 0 Å². The average molecular weight is 333 g/mol. The quantitative estimate of drug-likeness (QED) is 0.930. The third kappa shape index (κ3) is 2.72. The van der Waals surface area contributed by atoms with Crippen LogP contribution in [0.4, 0.5) is 0 Å². The zero-order valence-corrected chi connectivity index (χ0v) is 13.0. The molecule has 4 heteroatoms. The number of hydrogen-bond acceptors (Lipinski definition) is 3. The minimum absolute atomic E-state index is 0.163. The van der Waals surface area contributed by atoms with Crippen molar-refractivity contribution >= 4 is 15.9 Å². The van der Waals surface area contributed by atoms with Crippen molar-refractivity contribution in [1.82, 2.24) is 10.3 Å². The van der Waals surface area contributed by atoms with Crippen LogP contribution >= 0.6 is 15.9 Å².